The Morgan fingerprint density at radius 3 is 2.52 bits per heavy atom. The number of hydrogen-bond acceptors (Lipinski definition) is 4. The van der Waals surface area contributed by atoms with Crippen LogP contribution in [-0.2, 0) is 20.9 Å². The molecule has 3 atom stereocenters. The number of carbonyl (C=O) groups is 3. The van der Waals surface area contributed by atoms with Gasteiger partial charge in [0, 0.05) is 50.4 Å². The molecule has 2 aliphatic rings. The van der Waals surface area contributed by atoms with Crippen molar-refractivity contribution in [2.75, 3.05) is 13.1 Å². The van der Waals surface area contributed by atoms with Crippen molar-refractivity contribution < 1.29 is 19.5 Å². The average Bonchev–Trinajstić information content (AvgIpc) is 3.42. The summed E-state index contributed by atoms with van der Waals surface area (Å²) in [7, 11) is 0. The lowest BCUT2D eigenvalue weighted by atomic mass is 10.0. The molecule has 8 nitrogen and oxygen atoms in total. The first-order chi connectivity index (χ1) is 15.8. The van der Waals surface area contributed by atoms with E-state index < -0.39 is 18.2 Å². The number of rotatable bonds is 5. The quantitative estimate of drug-likeness (QED) is 0.645. The van der Waals surface area contributed by atoms with E-state index >= 15 is 0 Å². The van der Waals surface area contributed by atoms with Gasteiger partial charge in [0.2, 0.25) is 17.7 Å². The average molecular weight is 453 g/mol. The Bertz CT molecular complexity index is 1020. The van der Waals surface area contributed by atoms with Crippen LogP contribution in [0.2, 0.25) is 0 Å². The van der Waals surface area contributed by atoms with E-state index in [2.05, 4.69) is 10.3 Å². The van der Waals surface area contributed by atoms with Crippen molar-refractivity contribution in [1.82, 2.24) is 20.1 Å². The van der Waals surface area contributed by atoms with Gasteiger partial charge in [-0.25, -0.2) is 0 Å². The fourth-order valence-electron chi connectivity index (χ4n) is 4.94. The Hall–Kier alpha value is -3.13. The fourth-order valence-corrected chi connectivity index (χ4v) is 4.94. The lowest BCUT2D eigenvalue weighted by Crippen LogP contribution is -2.55. The van der Waals surface area contributed by atoms with E-state index in [0.717, 1.165) is 35.2 Å². The number of carbonyl (C=O) groups excluding carboxylic acids is 3. The third-order valence-corrected chi connectivity index (χ3v) is 6.74. The second-order valence-corrected chi connectivity index (χ2v) is 9.05. The standard InChI is InChI=1S/C25H32N4O4/c1-16-21(10-11-26-16)19-8-6-18(7-9-19)14-27-24(32)23-13-20(31)15-29(23)25(33)22-5-3-4-12-28(22)17(2)30/h6-11,20,22-23,26,31H,3-5,12-15H2,1-2H3,(H,27,32). The zero-order valence-corrected chi connectivity index (χ0v) is 19.2. The lowest BCUT2D eigenvalue weighted by molar-refractivity contribution is -0.149. The number of amides is 3. The summed E-state index contributed by atoms with van der Waals surface area (Å²) in [6, 6.07) is 8.73. The molecule has 0 spiro atoms. The molecule has 2 aromatic rings. The van der Waals surface area contributed by atoms with Crippen molar-refractivity contribution in [3.05, 3.63) is 47.8 Å². The SMILES string of the molecule is CC(=O)N1CCCCC1C(=O)N1CC(O)CC1C(=O)NCc1ccc(-c2cc[nH]c2C)cc1. The molecule has 8 heteroatoms. The molecule has 4 rings (SSSR count). The third-order valence-electron chi connectivity index (χ3n) is 6.74. The van der Waals surface area contributed by atoms with E-state index in [0.29, 0.717) is 19.5 Å². The molecule has 0 saturated carbocycles. The number of nitrogens with zero attached hydrogens (tertiary/aromatic N) is 2. The number of aromatic nitrogens is 1. The molecule has 1 aromatic carbocycles. The van der Waals surface area contributed by atoms with Crippen LogP contribution in [0.5, 0.6) is 0 Å². The number of benzene rings is 1. The Balaban J connectivity index is 1.40. The number of piperidine rings is 1. The monoisotopic (exact) mass is 452 g/mol. The van der Waals surface area contributed by atoms with Crippen molar-refractivity contribution in [2.45, 2.75) is 64.3 Å². The number of aliphatic hydroxyl groups is 1. The minimum Gasteiger partial charge on any atom is -0.391 e. The Morgan fingerprint density at radius 1 is 1.09 bits per heavy atom. The van der Waals surface area contributed by atoms with Crippen molar-refractivity contribution in [2.24, 2.45) is 0 Å². The van der Waals surface area contributed by atoms with Gasteiger partial charge in [0.05, 0.1) is 6.10 Å². The molecule has 0 aliphatic carbocycles. The lowest BCUT2D eigenvalue weighted by Gasteiger charge is -2.37. The Kier molecular flexibility index (Phi) is 6.83. The van der Waals surface area contributed by atoms with Crippen molar-refractivity contribution in [3.8, 4) is 11.1 Å². The number of aryl methyl sites for hydroxylation is 1. The third kappa shape index (κ3) is 4.95. The van der Waals surface area contributed by atoms with Gasteiger partial charge in [-0.2, -0.15) is 0 Å². The highest BCUT2D eigenvalue weighted by Gasteiger charge is 2.43. The maximum atomic E-state index is 13.3. The molecular formula is C25H32N4O4. The van der Waals surface area contributed by atoms with Gasteiger partial charge in [0.15, 0.2) is 0 Å². The molecule has 33 heavy (non-hydrogen) atoms. The van der Waals surface area contributed by atoms with Crippen LogP contribution < -0.4 is 5.32 Å². The maximum absolute atomic E-state index is 13.3. The number of β-amino-alcohol motifs (C(OH)–C–C–N with tert-alkyl or cyclic N) is 1. The Morgan fingerprint density at radius 2 is 1.85 bits per heavy atom. The molecule has 2 aliphatic heterocycles. The van der Waals surface area contributed by atoms with Crippen molar-refractivity contribution >= 4 is 17.7 Å². The summed E-state index contributed by atoms with van der Waals surface area (Å²) in [5.41, 5.74) is 4.29. The molecule has 2 saturated heterocycles. The number of likely N-dealkylation sites (tertiary alicyclic amines) is 2. The normalized spacial score (nSPS) is 22.9. The molecular weight excluding hydrogens is 420 g/mol. The van der Waals surface area contributed by atoms with Crippen LogP contribution in [0.25, 0.3) is 11.1 Å². The van der Waals surface area contributed by atoms with Crippen LogP contribution in [0.4, 0.5) is 0 Å². The van der Waals surface area contributed by atoms with Gasteiger partial charge in [-0.3, -0.25) is 14.4 Å². The van der Waals surface area contributed by atoms with E-state index in [1.165, 1.54) is 11.8 Å². The summed E-state index contributed by atoms with van der Waals surface area (Å²) in [4.78, 5) is 44.5. The smallest absolute Gasteiger partial charge is 0.246 e. The second-order valence-electron chi connectivity index (χ2n) is 9.05. The van der Waals surface area contributed by atoms with Crippen molar-refractivity contribution in [3.63, 3.8) is 0 Å². The molecule has 3 amide bonds. The highest BCUT2D eigenvalue weighted by atomic mass is 16.3. The molecule has 0 radical (unpaired) electrons. The molecule has 1 aromatic heterocycles. The van der Waals surface area contributed by atoms with Gasteiger partial charge in [-0.05, 0) is 43.4 Å². The van der Waals surface area contributed by atoms with Gasteiger partial charge in [0.1, 0.15) is 12.1 Å². The van der Waals surface area contributed by atoms with E-state index in [4.69, 9.17) is 0 Å². The summed E-state index contributed by atoms with van der Waals surface area (Å²) >= 11 is 0. The highest BCUT2D eigenvalue weighted by Crippen LogP contribution is 2.26. The molecule has 3 heterocycles. The number of nitrogens with one attached hydrogen (secondary N) is 2. The molecule has 0 bridgehead atoms. The summed E-state index contributed by atoms with van der Waals surface area (Å²) in [6.45, 7) is 4.50. The van der Waals surface area contributed by atoms with Gasteiger partial charge >= 0.3 is 0 Å². The second kappa shape index (κ2) is 9.79. The van der Waals surface area contributed by atoms with E-state index in [-0.39, 0.29) is 30.7 Å². The fraction of sp³-hybridized carbons (Fsp3) is 0.480. The molecule has 3 unspecified atom stereocenters. The van der Waals surface area contributed by atoms with Crippen LogP contribution in [0.3, 0.4) is 0 Å². The first-order valence-corrected chi connectivity index (χ1v) is 11.6. The topological polar surface area (TPSA) is 106 Å². The van der Waals surface area contributed by atoms with Crippen LogP contribution in [0.1, 0.15) is 43.9 Å². The van der Waals surface area contributed by atoms with Gasteiger partial charge < -0.3 is 25.2 Å². The summed E-state index contributed by atoms with van der Waals surface area (Å²) in [5, 5.41) is 13.1. The summed E-state index contributed by atoms with van der Waals surface area (Å²) in [6.07, 6.45) is 3.69. The minimum absolute atomic E-state index is 0.115. The maximum Gasteiger partial charge on any atom is 0.246 e. The predicted molar refractivity (Wildman–Crippen MR) is 124 cm³/mol. The number of hydrogen-bond donors (Lipinski definition) is 3. The first-order valence-electron chi connectivity index (χ1n) is 11.6. The minimum atomic E-state index is -0.747. The first kappa shape index (κ1) is 23.0. The van der Waals surface area contributed by atoms with Gasteiger partial charge in [-0.1, -0.05) is 24.3 Å². The molecule has 176 valence electrons. The van der Waals surface area contributed by atoms with Crippen LogP contribution in [0, 0.1) is 6.92 Å². The largest absolute Gasteiger partial charge is 0.391 e. The van der Waals surface area contributed by atoms with Gasteiger partial charge in [-0.15, -0.1) is 0 Å². The van der Waals surface area contributed by atoms with E-state index in [1.807, 2.05) is 43.5 Å². The number of H-pyrrole nitrogens is 1. The summed E-state index contributed by atoms with van der Waals surface area (Å²) in [5.74, 6) is -0.657. The van der Waals surface area contributed by atoms with Crippen molar-refractivity contribution in [1.29, 1.82) is 0 Å². The van der Waals surface area contributed by atoms with Crippen LogP contribution in [-0.4, -0.2) is 68.9 Å². The molecule has 2 fully saturated rings. The van der Waals surface area contributed by atoms with Gasteiger partial charge in [0.25, 0.3) is 0 Å². The zero-order chi connectivity index (χ0) is 23.5. The summed E-state index contributed by atoms with van der Waals surface area (Å²) < 4.78 is 0. The molecule has 3 N–H and O–H groups in total. The number of aliphatic hydroxyl groups excluding tert-OH is 1. The van der Waals surface area contributed by atoms with E-state index in [9.17, 15) is 19.5 Å². The van der Waals surface area contributed by atoms with Crippen LogP contribution in [0.15, 0.2) is 36.5 Å². The predicted octanol–water partition coefficient (Wildman–Crippen LogP) is 1.97. The Labute approximate surface area is 194 Å². The van der Waals surface area contributed by atoms with Crippen LogP contribution >= 0.6 is 0 Å². The highest BCUT2D eigenvalue weighted by molar-refractivity contribution is 5.92. The van der Waals surface area contributed by atoms with E-state index in [1.54, 1.807) is 4.90 Å². The number of aromatic amines is 1. The zero-order valence-electron chi connectivity index (χ0n) is 19.2.